The van der Waals surface area contributed by atoms with Gasteiger partial charge in [0.15, 0.2) is 0 Å². The van der Waals surface area contributed by atoms with E-state index < -0.39 is 6.04 Å². The molecule has 1 N–H and O–H groups in total. The van der Waals surface area contributed by atoms with Crippen molar-refractivity contribution in [1.82, 2.24) is 10.2 Å². The molecule has 1 aromatic rings. The third-order valence-electron chi connectivity index (χ3n) is 5.04. The van der Waals surface area contributed by atoms with Gasteiger partial charge in [0.05, 0.1) is 11.3 Å². The van der Waals surface area contributed by atoms with E-state index in [4.69, 9.17) is 0 Å². The first-order chi connectivity index (χ1) is 12.1. The van der Waals surface area contributed by atoms with Crippen LogP contribution in [-0.4, -0.2) is 45.7 Å². The van der Waals surface area contributed by atoms with Crippen LogP contribution in [0.4, 0.5) is 0 Å². The number of thioether (sulfide) groups is 1. The number of amides is 2. The molecule has 2 fully saturated rings. The van der Waals surface area contributed by atoms with Crippen molar-refractivity contribution in [3.63, 3.8) is 0 Å². The van der Waals surface area contributed by atoms with Crippen LogP contribution in [0.15, 0.2) is 30.3 Å². The number of nitrogens with one attached hydrogen (secondary N) is 1. The Kier molecular flexibility index (Phi) is 6.34. The van der Waals surface area contributed by atoms with E-state index >= 15 is 0 Å². The first-order valence-corrected chi connectivity index (χ1v) is 10.7. The number of hydrogen-bond acceptors (Lipinski definition) is 4. The van der Waals surface area contributed by atoms with Crippen molar-refractivity contribution in [3.8, 4) is 0 Å². The van der Waals surface area contributed by atoms with Crippen LogP contribution >= 0.6 is 24.4 Å². The van der Waals surface area contributed by atoms with Gasteiger partial charge in [-0.15, -0.1) is 11.8 Å². The number of benzene rings is 1. The smallest absolute Gasteiger partial charge is 0.246 e. The van der Waals surface area contributed by atoms with E-state index in [1.54, 1.807) is 0 Å². The lowest BCUT2D eigenvalue weighted by Crippen LogP contribution is -2.51. The molecule has 0 saturated carbocycles. The number of thiol groups is 1. The number of rotatable bonds is 5. The fraction of sp³-hybridized carbons (Fsp3) is 0.579. The predicted octanol–water partition coefficient (Wildman–Crippen LogP) is 2.73. The van der Waals surface area contributed by atoms with E-state index in [9.17, 15) is 9.59 Å². The lowest BCUT2D eigenvalue weighted by atomic mass is 9.99. The van der Waals surface area contributed by atoms with Crippen LogP contribution in [0.25, 0.3) is 0 Å². The maximum atomic E-state index is 12.9. The van der Waals surface area contributed by atoms with Crippen molar-refractivity contribution in [2.45, 2.75) is 50.1 Å². The molecule has 0 aliphatic carbocycles. The molecular weight excluding hydrogens is 352 g/mol. The largest absolute Gasteiger partial charge is 0.344 e. The Labute approximate surface area is 159 Å². The number of carbonyl (C=O) groups excluding carboxylic acids is 2. The molecule has 0 spiro atoms. The standard InChI is InChI=1S/C19H26N2O2S2/c1-13-12-25-17-9-5-8-16(19(23)21(13)17)20-18(22)15(11-24)10-14-6-3-2-4-7-14/h2-4,6-7,13,15-17,24H,5,8-12H2,1H3,(H,20,22)/t13-,15-,16+,17-/m1/s1. The normalized spacial score (nSPS) is 27.5. The highest BCUT2D eigenvalue weighted by Gasteiger charge is 2.40. The zero-order valence-corrected chi connectivity index (χ0v) is 16.3. The average Bonchev–Trinajstić information content (AvgIpc) is 2.91. The van der Waals surface area contributed by atoms with Crippen molar-refractivity contribution in [2.75, 3.05) is 11.5 Å². The van der Waals surface area contributed by atoms with Gasteiger partial charge in [0.2, 0.25) is 11.8 Å². The monoisotopic (exact) mass is 378 g/mol. The third kappa shape index (κ3) is 4.34. The lowest BCUT2D eigenvalue weighted by Gasteiger charge is -2.29. The zero-order valence-electron chi connectivity index (χ0n) is 14.6. The van der Waals surface area contributed by atoms with Gasteiger partial charge in [-0.1, -0.05) is 30.3 Å². The summed E-state index contributed by atoms with van der Waals surface area (Å²) in [6.07, 6.45) is 3.38. The molecule has 2 aliphatic rings. The lowest BCUT2D eigenvalue weighted by molar-refractivity contribution is -0.138. The number of carbonyl (C=O) groups is 2. The highest BCUT2D eigenvalue weighted by atomic mass is 32.2. The summed E-state index contributed by atoms with van der Waals surface area (Å²) in [7, 11) is 0. The van der Waals surface area contributed by atoms with Crippen LogP contribution in [0.1, 0.15) is 31.7 Å². The number of nitrogens with zero attached hydrogens (tertiary/aromatic N) is 1. The van der Waals surface area contributed by atoms with Crippen molar-refractivity contribution >= 4 is 36.2 Å². The maximum absolute atomic E-state index is 12.9. The molecular formula is C19H26N2O2S2. The van der Waals surface area contributed by atoms with Crippen molar-refractivity contribution < 1.29 is 9.59 Å². The van der Waals surface area contributed by atoms with Crippen LogP contribution in [0.2, 0.25) is 0 Å². The van der Waals surface area contributed by atoms with Crippen molar-refractivity contribution in [2.24, 2.45) is 5.92 Å². The average molecular weight is 379 g/mol. The Hall–Kier alpha value is -1.14. The Morgan fingerprint density at radius 1 is 1.36 bits per heavy atom. The predicted molar refractivity (Wildman–Crippen MR) is 106 cm³/mol. The highest BCUT2D eigenvalue weighted by molar-refractivity contribution is 8.00. The van der Waals surface area contributed by atoms with E-state index in [1.807, 2.05) is 47.0 Å². The van der Waals surface area contributed by atoms with Crippen LogP contribution < -0.4 is 5.32 Å². The van der Waals surface area contributed by atoms with Gasteiger partial charge in [-0.05, 0) is 38.2 Å². The fourth-order valence-corrected chi connectivity index (χ4v) is 5.40. The van der Waals surface area contributed by atoms with E-state index in [-0.39, 0.29) is 29.1 Å². The Balaban J connectivity index is 1.65. The van der Waals surface area contributed by atoms with Gasteiger partial charge in [0.25, 0.3) is 0 Å². The molecule has 6 heteroatoms. The van der Waals surface area contributed by atoms with E-state index in [2.05, 4.69) is 24.9 Å². The molecule has 0 unspecified atom stereocenters. The Morgan fingerprint density at radius 2 is 2.12 bits per heavy atom. The Bertz CT molecular complexity index is 611. The molecule has 3 rings (SSSR count). The van der Waals surface area contributed by atoms with Crippen molar-refractivity contribution in [1.29, 1.82) is 0 Å². The maximum Gasteiger partial charge on any atom is 0.246 e. The fourth-order valence-electron chi connectivity index (χ4n) is 3.64. The minimum atomic E-state index is -0.392. The molecule has 0 bridgehead atoms. The summed E-state index contributed by atoms with van der Waals surface area (Å²) in [6.45, 7) is 2.10. The van der Waals surface area contributed by atoms with Crippen LogP contribution in [0.5, 0.6) is 0 Å². The van der Waals surface area contributed by atoms with Crippen LogP contribution in [0, 0.1) is 5.92 Å². The molecule has 4 atom stereocenters. The first kappa shape index (κ1) is 18.6. The zero-order chi connectivity index (χ0) is 17.8. The second-order valence-electron chi connectivity index (χ2n) is 6.94. The van der Waals surface area contributed by atoms with Gasteiger partial charge < -0.3 is 10.2 Å². The minimum absolute atomic E-state index is 0.0600. The van der Waals surface area contributed by atoms with Gasteiger partial charge in [-0.3, -0.25) is 9.59 Å². The van der Waals surface area contributed by atoms with Crippen molar-refractivity contribution in [3.05, 3.63) is 35.9 Å². The van der Waals surface area contributed by atoms with E-state index in [0.717, 1.165) is 30.6 Å². The summed E-state index contributed by atoms with van der Waals surface area (Å²) < 4.78 is 0. The summed E-state index contributed by atoms with van der Waals surface area (Å²) in [5, 5.41) is 3.31. The number of hydrogen-bond donors (Lipinski definition) is 2. The summed E-state index contributed by atoms with van der Waals surface area (Å²) in [5.41, 5.74) is 1.12. The van der Waals surface area contributed by atoms with Gasteiger partial charge in [-0.25, -0.2) is 0 Å². The Morgan fingerprint density at radius 3 is 2.84 bits per heavy atom. The molecule has 2 aliphatic heterocycles. The van der Waals surface area contributed by atoms with Gasteiger partial charge >= 0.3 is 0 Å². The molecule has 2 amide bonds. The first-order valence-electron chi connectivity index (χ1n) is 8.99. The molecule has 1 aromatic carbocycles. The quantitative estimate of drug-likeness (QED) is 0.775. The second kappa shape index (κ2) is 8.49. The van der Waals surface area contributed by atoms with Gasteiger partial charge in [0.1, 0.15) is 6.04 Å². The summed E-state index contributed by atoms with van der Waals surface area (Å²) in [4.78, 5) is 27.7. The van der Waals surface area contributed by atoms with Crippen LogP contribution in [-0.2, 0) is 16.0 Å². The van der Waals surface area contributed by atoms with Gasteiger partial charge in [-0.2, -0.15) is 12.6 Å². The minimum Gasteiger partial charge on any atom is -0.344 e. The molecule has 4 nitrogen and oxygen atoms in total. The molecule has 0 radical (unpaired) electrons. The topological polar surface area (TPSA) is 49.4 Å². The molecule has 25 heavy (non-hydrogen) atoms. The molecule has 136 valence electrons. The van der Waals surface area contributed by atoms with Crippen LogP contribution in [0.3, 0.4) is 0 Å². The number of fused-ring (bicyclic) bond motifs is 1. The molecule has 2 heterocycles. The SMILES string of the molecule is C[C@@H]1CS[C@@H]2CCC[C@H](NC(=O)[C@@H](CS)Cc3ccccc3)C(=O)N12. The summed E-state index contributed by atoms with van der Waals surface area (Å²) in [6, 6.07) is 9.83. The van der Waals surface area contributed by atoms with E-state index in [1.165, 1.54) is 0 Å². The molecule has 2 saturated heterocycles. The molecule has 0 aromatic heterocycles. The van der Waals surface area contributed by atoms with E-state index in [0.29, 0.717) is 12.2 Å². The summed E-state index contributed by atoms with van der Waals surface area (Å²) >= 11 is 6.23. The van der Waals surface area contributed by atoms with Gasteiger partial charge in [0, 0.05) is 17.5 Å². The summed E-state index contributed by atoms with van der Waals surface area (Å²) in [5.74, 6) is 1.27. The third-order valence-corrected chi connectivity index (χ3v) is 7.01. The highest BCUT2D eigenvalue weighted by Crippen LogP contribution is 2.35. The second-order valence-corrected chi connectivity index (χ2v) is 8.52.